The monoisotopic (exact) mass is 261 g/mol. The number of hydrogen-bond donors (Lipinski definition) is 2. The Morgan fingerprint density at radius 2 is 2.26 bits per heavy atom. The average Bonchev–Trinajstić information content (AvgIpc) is 2.79. The molecule has 0 amide bonds. The maximum Gasteiger partial charge on any atom is 0.337 e. The number of aromatic carboxylic acids is 1. The third-order valence-electron chi connectivity index (χ3n) is 2.55. The van der Waals surface area contributed by atoms with Gasteiger partial charge in [0.05, 0.1) is 18.0 Å². The van der Waals surface area contributed by atoms with Crippen LogP contribution in [0.1, 0.15) is 23.7 Å². The van der Waals surface area contributed by atoms with Crippen molar-refractivity contribution in [2.75, 3.05) is 5.73 Å². The Labute approximate surface area is 110 Å². The normalized spacial score (nSPS) is 10.4. The second kappa shape index (κ2) is 5.43. The van der Waals surface area contributed by atoms with Gasteiger partial charge in [-0.1, -0.05) is 6.92 Å². The number of benzene rings is 1. The standard InChI is InChI=1S/C13H15N3O3/c1-2-5-16-8-10(7-15-16)19-9-3-4-12(14)11(6-9)13(17)18/h3-4,6-8H,2,5,14H2,1H3,(H,17,18). The minimum atomic E-state index is -1.08. The summed E-state index contributed by atoms with van der Waals surface area (Å²) >= 11 is 0. The van der Waals surface area contributed by atoms with Crippen LogP contribution in [0.3, 0.4) is 0 Å². The molecule has 2 rings (SSSR count). The summed E-state index contributed by atoms with van der Waals surface area (Å²) in [6, 6.07) is 4.53. The molecular weight excluding hydrogens is 246 g/mol. The molecule has 0 radical (unpaired) electrons. The SMILES string of the molecule is CCCn1cc(Oc2ccc(N)c(C(=O)O)c2)cn1. The van der Waals surface area contributed by atoms with Crippen LogP contribution in [0.25, 0.3) is 0 Å². The topological polar surface area (TPSA) is 90.4 Å². The molecule has 6 heteroatoms. The summed E-state index contributed by atoms with van der Waals surface area (Å²) in [7, 11) is 0. The summed E-state index contributed by atoms with van der Waals surface area (Å²) < 4.78 is 7.32. The van der Waals surface area contributed by atoms with Crippen molar-refractivity contribution in [3.8, 4) is 11.5 Å². The van der Waals surface area contributed by atoms with Crippen molar-refractivity contribution in [3.05, 3.63) is 36.2 Å². The Bertz CT molecular complexity index is 593. The lowest BCUT2D eigenvalue weighted by molar-refractivity contribution is 0.0697. The van der Waals surface area contributed by atoms with Gasteiger partial charge in [-0.05, 0) is 24.6 Å². The number of carbonyl (C=O) groups is 1. The summed E-state index contributed by atoms with van der Waals surface area (Å²) in [6.45, 7) is 2.87. The van der Waals surface area contributed by atoms with Gasteiger partial charge in [0.15, 0.2) is 5.75 Å². The van der Waals surface area contributed by atoms with E-state index in [1.807, 2.05) is 0 Å². The van der Waals surface area contributed by atoms with Crippen molar-refractivity contribution in [2.45, 2.75) is 19.9 Å². The van der Waals surface area contributed by atoms with Crippen molar-refractivity contribution in [1.29, 1.82) is 0 Å². The van der Waals surface area contributed by atoms with Crippen LogP contribution in [0.5, 0.6) is 11.5 Å². The van der Waals surface area contributed by atoms with Crippen LogP contribution < -0.4 is 10.5 Å². The molecule has 0 unspecified atom stereocenters. The number of nitrogen functional groups attached to an aromatic ring is 1. The quantitative estimate of drug-likeness (QED) is 0.806. The van der Waals surface area contributed by atoms with E-state index >= 15 is 0 Å². The Balaban J connectivity index is 2.18. The minimum Gasteiger partial charge on any atom is -0.478 e. The first-order valence-electron chi connectivity index (χ1n) is 5.93. The van der Waals surface area contributed by atoms with Crippen LogP contribution in [-0.4, -0.2) is 20.9 Å². The van der Waals surface area contributed by atoms with Crippen LogP contribution >= 0.6 is 0 Å². The zero-order valence-corrected chi connectivity index (χ0v) is 10.5. The molecule has 2 aromatic rings. The van der Waals surface area contributed by atoms with Crippen LogP contribution in [-0.2, 0) is 6.54 Å². The number of aromatic nitrogens is 2. The number of carboxylic acid groups (broad SMARTS) is 1. The van der Waals surface area contributed by atoms with Gasteiger partial charge < -0.3 is 15.6 Å². The van der Waals surface area contributed by atoms with Gasteiger partial charge in [-0.15, -0.1) is 0 Å². The molecule has 0 spiro atoms. The van der Waals surface area contributed by atoms with E-state index in [4.69, 9.17) is 15.6 Å². The van der Waals surface area contributed by atoms with Crippen LogP contribution in [0.4, 0.5) is 5.69 Å². The van der Waals surface area contributed by atoms with Gasteiger partial charge in [-0.25, -0.2) is 4.79 Å². The van der Waals surface area contributed by atoms with Gasteiger partial charge in [-0.3, -0.25) is 4.68 Å². The van der Waals surface area contributed by atoms with Gasteiger partial charge in [-0.2, -0.15) is 5.10 Å². The number of rotatable bonds is 5. The Kier molecular flexibility index (Phi) is 3.70. The Morgan fingerprint density at radius 3 is 2.95 bits per heavy atom. The summed E-state index contributed by atoms with van der Waals surface area (Å²) in [5, 5.41) is 13.1. The predicted octanol–water partition coefficient (Wildman–Crippen LogP) is 2.37. The van der Waals surface area contributed by atoms with Gasteiger partial charge >= 0.3 is 5.97 Å². The third-order valence-corrected chi connectivity index (χ3v) is 2.55. The molecule has 0 saturated carbocycles. The molecule has 0 aliphatic heterocycles. The number of nitrogens with two attached hydrogens (primary N) is 1. The van der Waals surface area contributed by atoms with Crippen molar-refractivity contribution in [2.24, 2.45) is 0 Å². The van der Waals surface area contributed by atoms with Gasteiger partial charge in [0.1, 0.15) is 5.75 Å². The van der Waals surface area contributed by atoms with Crippen molar-refractivity contribution >= 4 is 11.7 Å². The molecule has 0 aliphatic carbocycles. The third kappa shape index (κ3) is 3.04. The van der Waals surface area contributed by atoms with Crippen LogP contribution in [0.15, 0.2) is 30.6 Å². The van der Waals surface area contributed by atoms with Gasteiger partial charge in [0, 0.05) is 12.2 Å². The second-order valence-electron chi connectivity index (χ2n) is 4.10. The van der Waals surface area contributed by atoms with E-state index in [1.54, 1.807) is 23.1 Å². The molecular formula is C13H15N3O3. The molecule has 3 N–H and O–H groups in total. The lowest BCUT2D eigenvalue weighted by Gasteiger charge is -2.05. The highest BCUT2D eigenvalue weighted by Gasteiger charge is 2.10. The molecule has 0 aliphatic rings. The summed E-state index contributed by atoms with van der Waals surface area (Å²) in [4.78, 5) is 11.0. The molecule has 0 atom stereocenters. The lowest BCUT2D eigenvalue weighted by atomic mass is 10.2. The smallest absolute Gasteiger partial charge is 0.337 e. The Morgan fingerprint density at radius 1 is 1.47 bits per heavy atom. The molecule has 0 bridgehead atoms. The van der Waals surface area contributed by atoms with Gasteiger partial charge in [0.2, 0.25) is 0 Å². The van der Waals surface area contributed by atoms with Crippen LogP contribution in [0, 0.1) is 0 Å². The highest BCUT2D eigenvalue weighted by atomic mass is 16.5. The molecule has 0 saturated heterocycles. The number of nitrogens with zero attached hydrogens (tertiary/aromatic N) is 2. The first-order chi connectivity index (χ1) is 9.10. The van der Waals surface area contributed by atoms with E-state index in [2.05, 4.69) is 12.0 Å². The van der Waals surface area contributed by atoms with Crippen LogP contribution in [0.2, 0.25) is 0 Å². The predicted molar refractivity (Wildman–Crippen MR) is 70.4 cm³/mol. The zero-order valence-electron chi connectivity index (χ0n) is 10.5. The van der Waals surface area contributed by atoms with Crippen molar-refractivity contribution in [3.63, 3.8) is 0 Å². The lowest BCUT2D eigenvalue weighted by Crippen LogP contribution is -2.02. The zero-order chi connectivity index (χ0) is 13.8. The number of ether oxygens (including phenoxy) is 1. The maximum atomic E-state index is 11.0. The fourth-order valence-electron chi connectivity index (χ4n) is 1.67. The highest BCUT2D eigenvalue weighted by Crippen LogP contribution is 2.24. The van der Waals surface area contributed by atoms with Gasteiger partial charge in [0.25, 0.3) is 0 Å². The molecule has 1 heterocycles. The summed E-state index contributed by atoms with van der Waals surface area (Å²) in [5.74, 6) is -0.0955. The number of aryl methyl sites for hydroxylation is 1. The summed E-state index contributed by atoms with van der Waals surface area (Å²) in [5.41, 5.74) is 5.81. The van der Waals surface area contributed by atoms with E-state index in [0.717, 1.165) is 13.0 Å². The fraction of sp³-hybridized carbons (Fsp3) is 0.231. The maximum absolute atomic E-state index is 11.0. The number of hydrogen-bond acceptors (Lipinski definition) is 4. The van der Waals surface area contributed by atoms with Crippen molar-refractivity contribution < 1.29 is 14.6 Å². The first kappa shape index (κ1) is 12.9. The molecule has 100 valence electrons. The second-order valence-corrected chi connectivity index (χ2v) is 4.10. The molecule has 0 fully saturated rings. The molecule has 1 aromatic carbocycles. The minimum absolute atomic E-state index is 0.0263. The highest BCUT2D eigenvalue weighted by molar-refractivity contribution is 5.94. The summed E-state index contributed by atoms with van der Waals surface area (Å²) in [6.07, 6.45) is 4.33. The average molecular weight is 261 g/mol. The number of carboxylic acids is 1. The van der Waals surface area contributed by atoms with E-state index < -0.39 is 5.97 Å². The van der Waals surface area contributed by atoms with E-state index in [-0.39, 0.29) is 11.3 Å². The Hall–Kier alpha value is -2.50. The molecule has 19 heavy (non-hydrogen) atoms. The molecule has 6 nitrogen and oxygen atoms in total. The van der Waals surface area contributed by atoms with Crippen molar-refractivity contribution in [1.82, 2.24) is 9.78 Å². The first-order valence-corrected chi connectivity index (χ1v) is 5.93. The largest absolute Gasteiger partial charge is 0.478 e. The number of anilines is 1. The van der Waals surface area contributed by atoms with E-state index in [0.29, 0.717) is 11.5 Å². The molecule has 1 aromatic heterocycles. The van der Waals surface area contributed by atoms with E-state index in [9.17, 15) is 4.79 Å². The fourth-order valence-corrected chi connectivity index (χ4v) is 1.67. The van der Waals surface area contributed by atoms with E-state index in [1.165, 1.54) is 12.1 Å².